The van der Waals surface area contributed by atoms with Gasteiger partial charge in [-0.05, 0) is 24.3 Å². The van der Waals surface area contributed by atoms with Gasteiger partial charge in [0.25, 0.3) is 0 Å². The third kappa shape index (κ3) is 3.92. The number of hydrogen-bond acceptors (Lipinski definition) is 3. The van der Waals surface area contributed by atoms with E-state index in [1.54, 1.807) is 43.7 Å². The van der Waals surface area contributed by atoms with E-state index >= 15 is 0 Å². The Morgan fingerprint density at radius 2 is 1.71 bits per heavy atom. The fraction of sp³-hybridized carbons (Fsp3) is 0.176. The summed E-state index contributed by atoms with van der Waals surface area (Å²) in [4.78, 5) is 14.1. The number of benzene rings is 1. The molecule has 21 heavy (non-hydrogen) atoms. The number of pyridine rings is 1. The van der Waals surface area contributed by atoms with Crippen molar-refractivity contribution in [2.24, 2.45) is 0 Å². The molecule has 1 heterocycles. The number of aromatic nitrogens is 1. The molecular weight excluding hydrogens is 264 g/mol. The molecule has 1 aromatic heterocycles. The highest BCUT2D eigenvalue weighted by Gasteiger charge is 2.04. The first-order valence-corrected chi connectivity index (χ1v) is 6.65. The molecule has 4 nitrogen and oxygen atoms in total. The van der Waals surface area contributed by atoms with Crippen molar-refractivity contribution < 1.29 is 14.1 Å². The highest BCUT2D eigenvalue weighted by Crippen LogP contribution is 2.12. The van der Waals surface area contributed by atoms with Gasteiger partial charge in [-0.3, -0.25) is 4.79 Å². The van der Waals surface area contributed by atoms with Crippen LogP contribution in [0.1, 0.15) is 10.4 Å². The van der Waals surface area contributed by atoms with E-state index in [9.17, 15) is 4.79 Å². The Balaban J connectivity index is 2.07. The predicted molar refractivity (Wildman–Crippen MR) is 83.6 cm³/mol. The van der Waals surface area contributed by atoms with Gasteiger partial charge in [0.2, 0.25) is 0 Å². The Hall–Kier alpha value is -2.62. The molecule has 0 radical (unpaired) electrons. The number of allylic oxidation sites excluding steroid dienone is 1. The Morgan fingerprint density at radius 3 is 2.24 bits per heavy atom. The molecule has 0 spiro atoms. The van der Waals surface area contributed by atoms with Gasteiger partial charge < -0.3 is 9.64 Å². The van der Waals surface area contributed by atoms with Gasteiger partial charge in [-0.1, -0.05) is 0 Å². The van der Waals surface area contributed by atoms with E-state index in [0.717, 1.165) is 11.4 Å². The summed E-state index contributed by atoms with van der Waals surface area (Å²) < 4.78 is 6.91. The summed E-state index contributed by atoms with van der Waals surface area (Å²) in [6.07, 6.45) is 7.11. The van der Waals surface area contributed by atoms with Crippen LogP contribution in [0.4, 0.5) is 5.69 Å². The fourth-order valence-electron chi connectivity index (χ4n) is 1.83. The average molecular weight is 283 g/mol. The zero-order valence-electron chi connectivity index (χ0n) is 12.5. The van der Waals surface area contributed by atoms with Crippen molar-refractivity contribution in [1.82, 2.24) is 0 Å². The van der Waals surface area contributed by atoms with Crippen LogP contribution in [0.25, 0.3) is 6.20 Å². The number of carbonyl (C=O) groups excluding carboxylic acids is 1. The molecule has 0 N–H and O–H groups in total. The standard InChI is InChI=1S/C17H19N2O2/c1-18(2)15-8-11-19(12-9-15)13-10-17(20)14-4-6-16(21-3)7-5-14/h4-13H,1-3H3/q+1/b13-10-. The Labute approximate surface area is 124 Å². The number of anilines is 1. The molecule has 0 saturated carbocycles. The van der Waals surface area contributed by atoms with E-state index in [-0.39, 0.29) is 5.78 Å². The minimum atomic E-state index is -0.0400. The van der Waals surface area contributed by atoms with E-state index in [1.165, 1.54) is 0 Å². The first-order valence-electron chi connectivity index (χ1n) is 6.65. The van der Waals surface area contributed by atoms with Crippen LogP contribution in [0.2, 0.25) is 0 Å². The van der Waals surface area contributed by atoms with Crippen molar-refractivity contribution in [2.45, 2.75) is 0 Å². The van der Waals surface area contributed by atoms with Gasteiger partial charge in [0.15, 0.2) is 24.4 Å². The first-order chi connectivity index (χ1) is 10.1. The van der Waals surface area contributed by atoms with Crippen molar-refractivity contribution >= 4 is 17.7 Å². The van der Waals surface area contributed by atoms with Gasteiger partial charge in [-0.15, -0.1) is 0 Å². The van der Waals surface area contributed by atoms with Crippen molar-refractivity contribution in [2.75, 3.05) is 26.1 Å². The average Bonchev–Trinajstić information content (AvgIpc) is 2.53. The molecule has 0 aliphatic carbocycles. The van der Waals surface area contributed by atoms with Gasteiger partial charge in [0, 0.05) is 37.5 Å². The molecule has 2 aromatic rings. The third-order valence-corrected chi connectivity index (χ3v) is 3.12. The van der Waals surface area contributed by atoms with Crippen LogP contribution in [0.3, 0.4) is 0 Å². The number of methoxy groups -OCH3 is 1. The first kappa shape index (κ1) is 14.8. The second-order valence-electron chi connectivity index (χ2n) is 4.81. The van der Waals surface area contributed by atoms with Crippen molar-refractivity contribution in [1.29, 1.82) is 0 Å². The van der Waals surface area contributed by atoms with Gasteiger partial charge >= 0.3 is 0 Å². The summed E-state index contributed by atoms with van der Waals surface area (Å²) >= 11 is 0. The lowest BCUT2D eigenvalue weighted by Crippen LogP contribution is -2.25. The van der Waals surface area contributed by atoms with Crippen LogP contribution in [0.15, 0.2) is 54.9 Å². The molecule has 0 atom stereocenters. The summed E-state index contributed by atoms with van der Waals surface area (Å²) in [5.74, 6) is 0.700. The Morgan fingerprint density at radius 1 is 1.10 bits per heavy atom. The number of ether oxygens (including phenoxy) is 1. The lowest BCUT2D eigenvalue weighted by Gasteiger charge is -2.09. The zero-order chi connectivity index (χ0) is 15.2. The van der Waals surface area contributed by atoms with E-state index in [2.05, 4.69) is 0 Å². The molecule has 1 aromatic carbocycles. The summed E-state index contributed by atoms with van der Waals surface area (Å²) in [5.41, 5.74) is 1.75. The highest BCUT2D eigenvalue weighted by atomic mass is 16.5. The van der Waals surface area contributed by atoms with E-state index in [4.69, 9.17) is 4.74 Å². The zero-order valence-corrected chi connectivity index (χ0v) is 12.5. The lowest BCUT2D eigenvalue weighted by molar-refractivity contribution is -0.568. The maximum atomic E-state index is 12.0. The maximum absolute atomic E-state index is 12.0. The van der Waals surface area contributed by atoms with Crippen molar-refractivity contribution in [3.8, 4) is 5.75 Å². The Bertz CT molecular complexity index is 629. The predicted octanol–water partition coefficient (Wildman–Crippen LogP) is 2.40. The minimum Gasteiger partial charge on any atom is -0.497 e. The van der Waals surface area contributed by atoms with Crippen LogP contribution in [0, 0.1) is 0 Å². The number of carbonyl (C=O) groups is 1. The van der Waals surface area contributed by atoms with Gasteiger partial charge in [-0.25, -0.2) is 0 Å². The lowest BCUT2D eigenvalue weighted by atomic mass is 10.1. The SMILES string of the molecule is COc1ccc(C(=O)/C=C\[n+]2ccc(N(C)C)cc2)cc1. The second kappa shape index (κ2) is 6.70. The monoisotopic (exact) mass is 283 g/mol. The van der Waals surface area contributed by atoms with Gasteiger partial charge in [0.05, 0.1) is 13.2 Å². The third-order valence-electron chi connectivity index (χ3n) is 3.12. The maximum Gasteiger partial charge on any atom is 0.191 e. The van der Waals surface area contributed by atoms with E-state index in [0.29, 0.717) is 5.56 Å². The molecule has 4 heteroatoms. The highest BCUT2D eigenvalue weighted by molar-refractivity contribution is 6.05. The van der Waals surface area contributed by atoms with E-state index in [1.807, 2.05) is 48.1 Å². The Kier molecular flexibility index (Phi) is 4.72. The smallest absolute Gasteiger partial charge is 0.191 e. The number of nitrogens with zero attached hydrogens (tertiary/aromatic N) is 2. The number of hydrogen-bond donors (Lipinski definition) is 0. The molecule has 0 bridgehead atoms. The summed E-state index contributed by atoms with van der Waals surface area (Å²) in [6.45, 7) is 0. The summed E-state index contributed by atoms with van der Waals surface area (Å²) in [5, 5.41) is 0. The second-order valence-corrected chi connectivity index (χ2v) is 4.81. The van der Waals surface area contributed by atoms with Crippen LogP contribution in [-0.4, -0.2) is 27.0 Å². The molecular formula is C17H19N2O2+. The number of rotatable bonds is 5. The van der Waals surface area contributed by atoms with Crippen LogP contribution in [0.5, 0.6) is 5.75 Å². The fourth-order valence-corrected chi connectivity index (χ4v) is 1.83. The van der Waals surface area contributed by atoms with Gasteiger partial charge in [0.1, 0.15) is 5.75 Å². The summed E-state index contributed by atoms with van der Waals surface area (Å²) in [6, 6.07) is 11.0. The van der Waals surface area contributed by atoms with E-state index < -0.39 is 0 Å². The molecule has 0 aliphatic heterocycles. The molecule has 0 amide bonds. The molecule has 2 rings (SSSR count). The topological polar surface area (TPSA) is 33.4 Å². The molecule has 0 saturated heterocycles. The molecule has 0 unspecified atom stereocenters. The van der Waals surface area contributed by atoms with Crippen molar-refractivity contribution in [3.05, 3.63) is 60.4 Å². The number of ketones is 1. The van der Waals surface area contributed by atoms with Crippen LogP contribution < -0.4 is 14.2 Å². The van der Waals surface area contributed by atoms with Gasteiger partial charge in [-0.2, -0.15) is 4.57 Å². The van der Waals surface area contributed by atoms with Crippen molar-refractivity contribution in [3.63, 3.8) is 0 Å². The molecule has 108 valence electrons. The summed E-state index contributed by atoms with van der Waals surface area (Å²) in [7, 11) is 5.58. The van der Waals surface area contributed by atoms with Crippen LogP contribution in [-0.2, 0) is 0 Å². The quantitative estimate of drug-likeness (QED) is 0.480. The largest absolute Gasteiger partial charge is 0.497 e. The van der Waals surface area contributed by atoms with Crippen LogP contribution >= 0.6 is 0 Å². The molecule has 0 aliphatic rings. The minimum absolute atomic E-state index is 0.0400. The molecule has 0 fully saturated rings. The normalized spacial score (nSPS) is 10.6.